The van der Waals surface area contributed by atoms with Gasteiger partial charge in [0.15, 0.2) is 0 Å². The number of fused-ring (bicyclic) bond motifs is 7. The third-order valence-corrected chi connectivity index (χ3v) is 12.9. The van der Waals surface area contributed by atoms with E-state index in [0.29, 0.717) is 38.8 Å². The highest BCUT2D eigenvalue weighted by molar-refractivity contribution is 5.85. The lowest BCUT2D eigenvalue weighted by atomic mass is 9.31. The van der Waals surface area contributed by atoms with Crippen molar-refractivity contribution in [1.29, 1.82) is 0 Å². The molecule has 0 saturated heterocycles. The van der Waals surface area contributed by atoms with Gasteiger partial charge in [-0.1, -0.05) is 67.0 Å². The van der Waals surface area contributed by atoms with Gasteiger partial charge in [0.05, 0.1) is 0 Å². The number of carbonyl (C=O) groups excluding carboxylic acids is 1. The summed E-state index contributed by atoms with van der Waals surface area (Å²) in [6, 6.07) is 0. The van der Waals surface area contributed by atoms with E-state index >= 15 is 0 Å². The van der Waals surface area contributed by atoms with Crippen molar-refractivity contribution < 1.29 is 4.79 Å². The molecule has 31 heavy (non-hydrogen) atoms. The Hall–Kier alpha value is -0.590. The molecule has 0 aromatic carbocycles. The standard InChI is InChI=1S/C30H48O/c1-25(2)17-18-27(5)20(19-25)11-15-29(7)22(27)9-10-23-28(6)14-13-24(31)26(3,4)21(28)12-16-30(23,29)8/h19,21-23H,9-18H2,1-8H3/t21-,22+,23+,27-,28-,29+,30+/m0/s1. The summed E-state index contributed by atoms with van der Waals surface area (Å²) in [5.41, 5.74) is 3.66. The molecule has 1 heteroatoms. The molecule has 0 N–H and O–H groups in total. The molecule has 0 heterocycles. The van der Waals surface area contributed by atoms with Crippen LogP contribution in [0.25, 0.3) is 0 Å². The van der Waals surface area contributed by atoms with Crippen LogP contribution in [0.2, 0.25) is 0 Å². The number of carbonyl (C=O) groups is 1. The van der Waals surface area contributed by atoms with Crippen LogP contribution in [-0.4, -0.2) is 5.78 Å². The van der Waals surface area contributed by atoms with E-state index in [9.17, 15) is 4.79 Å². The summed E-state index contributed by atoms with van der Waals surface area (Å²) >= 11 is 0. The van der Waals surface area contributed by atoms with Crippen LogP contribution < -0.4 is 0 Å². The molecule has 5 rings (SSSR count). The van der Waals surface area contributed by atoms with Crippen LogP contribution in [0.1, 0.15) is 120 Å². The Morgan fingerprint density at radius 2 is 1.32 bits per heavy atom. The zero-order chi connectivity index (χ0) is 22.7. The van der Waals surface area contributed by atoms with Gasteiger partial charge in [0.1, 0.15) is 5.78 Å². The first kappa shape index (κ1) is 22.2. The quantitative estimate of drug-likeness (QED) is 0.357. The molecule has 0 aromatic heterocycles. The predicted molar refractivity (Wildman–Crippen MR) is 130 cm³/mol. The van der Waals surface area contributed by atoms with Gasteiger partial charge in [-0.05, 0) is 103 Å². The van der Waals surface area contributed by atoms with Crippen LogP contribution in [0, 0.1) is 50.2 Å². The first-order valence-corrected chi connectivity index (χ1v) is 13.5. The highest BCUT2D eigenvalue weighted by Crippen LogP contribution is 2.76. The Morgan fingerprint density at radius 3 is 2.03 bits per heavy atom. The Morgan fingerprint density at radius 1 is 0.677 bits per heavy atom. The van der Waals surface area contributed by atoms with E-state index in [-0.39, 0.29) is 5.41 Å². The summed E-state index contributed by atoms with van der Waals surface area (Å²) < 4.78 is 0. The summed E-state index contributed by atoms with van der Waals surface area (Å²) in [5, 5.41) is 0. The number of rotatable bonds is 0. The van der Waals surface area contributed by atoms with Gasteiger partial charge in [-0.25, -0.2) is 0 Å². The average Bonchev–Trinajstić information content (AvgIpc) is 2.67. The molecule has 0 amide bonds. The van der Waals surface area contributed by atoms with Gasteiger partial charge >= 0.3 is 0 Å². The third-order valence-electron chi connectivity index (χ3n) is 12.9. The summed E-state index contributed by atoms with van der Waals surface area (Å²) in [6.45, 7) is 20.1. The lowest BCUT2D eigenvalue weighted by Crippen LogP contribution is -2.66. The van der Waals surface area contributed by atoms with Crippen molar-refractivity contribution in [3.63, 3.8) is 0 Å². The molecule has 0 spiro atoms. The maximum absolute atomic E-state index is 12.9. The highest BCUT2D eigenvalue weighted by Gasteiger charge is 2.69. The minimum absolute atomic E-state index is 0.129. The smallest absolute Gasteiger partial charge is 0.138 e. The van der Waals surface area contributed by atoms with Crippen LogP contribution in [0.4, 0.5) is 0 Å². The predicted octanol–water partition coefficient (Wildman–Crippen LogP) is 8.38. The molecular weight excluding hydrogens is 376 g/mol. The molecule has 7 atom stereocenters. The van der Waals surface area contributed by atoms with Crippen molar-refractivity contribution in [2.45, 2.75) is 120 Å². The number of hydrogen-bond acceptors (Lipinski definition) is 1. The van der Waals surface area contributed by atoms with E-state index in [1.165, 1.54) is 51.4 Å². The number of ketones is 1. The fraction of sp³-hybridized carbons (Fsp3) is 0.900. The second-order valence-electron chi connectivity index (χ2n) is 14.8. The summed E-state index contributed by atoms with van der Waals surface area (Å²) in [7, 11) is 0. The number of allylic oxidation sites excluding steroid dienone is 2. The van der Waals surface area contributed by atoms with E-state index in [1.54, 1.807) is 5.57 Å². The van der Waals surface area contributed by atoms with Crippen LogP contribution in [-0.2, 0) is 4.79 Å². The van der Waals surface area contributed by atoms with Crippen molar-refractivity contribution in [1.82, 2.24) is 0 Å². The zero-order valence-electron chi connectivity index (χ0n) is 21.8. The van der Waals surface area contributed by atoms with Crippen molar-refractivity contribution in [3.8, 4) is 0 Å². The van der Waals surface area contributed by atoms with Crippen molar-refractivity contribution >= 4 is 5.78 Å². The molecule has 5 aliphatic rings. The maximum atomic E-state index is 12.9. The highest BCUT2D eigenvalue weighted by atomic mass is 16.1. The van der Waals surface area contributed by atoms with Crippen molar-refractivity contribution in [2.75, 3.05) is 0 Å². The minimum Gasteiger partial charge on any atom is -0.299 e. The molecule has 0 aliphatic heterocycles. The summed E-state index contributed by atoms with van der Waals surface area (Å²) in [5.74, 6) is 2.71. The fourth-order valence-electron chi connectivity index (χ4n) is 10.8. The molecule has 0 aromatic rings. The summed E-state index contributed by atoms with van der Waals surface area (Å²) in [4.78, 5) is 12.9. The monoisotopic (exact) mass is 424 g/mol. The molecule has 174 valence electrons. The molecule has 4 fully saturated rings. The fourth-order valence-corrected chi connectivity index (χ4v) is 10.8. The first-order chi connectivity index (χ1) is 14.2. The normalized spacial score (nSPS) is 52.8. The maximum Gasteiger partial charge on any atom is 0.138 e. The van der Waals surface area contributed by atoms with Crippen molar-refractivity contribution in [3.05, 3.63) is 11.6 Å². The van der Waals surface area contributed by atoms with Gasteiger partial charge in [-0.2, -0.15) is 0 Å². The molecule has 0 radical (unpaired) electrons. The van der Waals surface area contributed by atoms with Crippen LogP contribution >= 0.6 is 0 Å². The van der Waals surface area contributed by atoms with Gasteiger partial charge in [0.25, 0.3) is 0 Å². The Balaban J connectivity index is 1.55. The molecule has 1 nitrogen and oxygen atoms in total. The number of hydrogen-bond donors (Lipinski definition) is 0. The van der Waals surface area contributed by atoms with Gasteiger partial charge in [-0.15, -0.1) is 0 Å². The zero-order valence-corrected chi connectivity index (χ0v) is 21.8. The average molecular weight is 425 g/mol. The topological polar surface area (TPSA) is 17.1 Å². The second kappa shape index (κ2) is 6.29. The Bertz CT molecular complexity index is 831. The van der Waals surface area contributed by atoms with E-state index in [2.05, 4.69) is 61.5 Å². The van der Waals surface area contributed by atoms with Gasteiger partial charge in [0.2, 0.25) is 0 Å². The van der Waals surface area contributed by atoms with Crippen LogP contribution in [0.3, 0.4) is 0 Å². The van der Waals surface area contributed by atoms with E-state index in [0.717, 1.165) is 24.7 Å². The Kier molecular flexibility index (Phi) is 4.51. The van der Waals surface area contributed by atoms with E-state index in [4.69, 9.17) is 0 Å². The third kappa shape index (κ3) is 2.64. The minimum atomic E-state index is -0.129. The lowest BCUT2D eigenvalue weighted by molar-refractivity contribution is -0.226. The van der Waals surface area contributed by atoms with Crippen LogP contribution in [0.15, 0.2) is 11.6 Å². The molecule has 5 aliphatic carbocycles. The Labute approximate surface area is 192 Å². The van der Waals surface area contributed by atoms with Gasteiger partial charge in [-0.3, -0.25) is 4.79 Å². The molecule has 4 saturated carbocycles. The molecule has 0 bridgehead atoms. The van der Waals surface area contributed by atoms with Crippen molar-refractivity contribution in [2.24, 2.45) is 50.2 Å². The van der Waals surface area contributed by atoms with Gasteiger partial charge < -0.3 is 0 Å². The molecular formula is C30H48O. The second-order valence-corrected chi connectivity index (χ2v) is 14.8. The molecule has 0 unspecified atom stereocenters. The van der Waals surface area contributed by atoms with Gasteiger partial charge in [0, 0.05) is 11.8 Å². The van der Waals surface area contributed by atoms with E-state index < -0.39 is 0 Å². The van der Waals surface area contributed by atoms with Crippen LogP contribution in [0.5, 0.6) is 0 Å². The first-order valence-electron chi connectivity index (χ1n) is 13.5. The number of Topliss-reactive ketones (excluding diaryl/α,β-unsaturated/α-hetero) is 1. The summed E-state index contributed by atoms with van der Waals surface area (Å²) in [6.07, 6.45) is 15.5. The lowest BCUT2D eigenvalue weighted by Gasteiger charge is -2.73. The van der Waals surface area contributed by atoms with E-state index in [1.807, 2.05) is 0 Å². The SMILES string of the molecule is CC1(C)C=C2CC[C@]3(C)[C@H](CC[C@@H]4[C@@]5(C)CCC(=O)C(C)(C)[C@@H]5CC[C@]43C)[C@@]2(C)CC1. The largest absolute Gasteiger partial charge is 0.299 e.